The van der Waals surface area contributed by atoms with Gasteiger partial charge in [0.25, 0.3) is 5.91 Å². The maximum atomic E-state index is 12.4. The van der Waals surface area contributed by atoms with Crippen molar-refractivity contribution in [3.05, 3.63) is 23.8 Å². The van der Waals surface area contributed by atoms with Gasteiger partial charge in [-0.15, -0.1) is 0 Å². The number of amides is 1. The number of aromatic hydroxyl groups is 1. The van der Waals surface area contributed by atoms with E-state index in [1.54, 1.807) is 17.0 Å². The number of carbonyl (C=O) groups excluding carboxylic acids is 1. The Kier molecular flexibility index (Phi) is 5.41. The van der Waals surface area contributed by atoms with E-state index >= 15 is 0 Å². The van der Waals surface area contributed by atoms with E-state index in [4.69, 9.17) is 15.2 Å². The number of likely N-dealkylation sites (tertiary alicyclic amines) is 1. The lowest BCUT2D eigenvalue weighted by Crippen LogP contribution is -2.41. The first-order chi connectivity index (χ1) is 10.2. The van der Waals surface area contributed by atoms with Gasteiger partial charge in [0.15, 0.2) is 11.5 Å². The number of methoxy groups -OCH3 is 1. The second-order valence-corrected chi connectivity index (χ2v) is 5.04. The molecule has 0 radical (unpaired) electrons. The first-order valence-corrected chi connectivity index (χ1v) is 7.13. The predicted octanol–water partition coefficient (Wildman–Crippen LogP) is 0.981. The third-order valence-electron chi connectivity index (χ3n) is 3.63. The Morgan fingerprint density at radius 1 is 1.43 bits per heavy atom. The number of nitrogens with zero attached hydrogens (tertiary/aromatic N) is 1. The lowest BCUT2D eigenvalue weighted by molar-refractivity contribution is 0.0121. The third-order valence-corrected chi connectivity index (χ3v) is 3.63. The second kappa shape index (κ2) is 7.28. The van der Waals surface area contributed by atoms with Crippen molar-refractivity contribution in [3.63, 3.8) is 0 Å². The van der Waals surface area contributed by atoms with Gasteiger partial charge in [-0.2, -0.15) is 0 Å². The molecule has 1 saturated heterocycles. The van der Waals surface area contributed by atoms with E-state index in [0.717, 1.165) is 12.8 Å². The molecule has 0 unspecified atom stereocenters. The quantitative estimate of drug-likeness (QED) is 0.845. The van der Waals surface area contributed by atoms with Crippen LogP contribution in [0, 0.1) is 0 Å². The van der Waals surface area contributed by atoms with Gasteiger partial charge in [0.05, 0.1) is 19.8 Å². The Morgan fingerprint density at radius 2 is 2.14 bits per heavy atom. The number of piperidine rings is 1. The molecule has 1 aliphatic heterocycles. The van der Waals surface area contributed by atoms with E-state index in [0.29, 0.717) is 37.6 Å². The highest BCUT2D eigenvalue weighted by Crippen LogP contribution is 2.27. The largest absolute Gasteiger partial charge is 0.504 e. The van der Waals surface area contributed by atoms with Gasteiger partial charge in [-0.1, -0.05) is 0 Å². The Labute approximate surface area is 124 Å². The number of rotatable bonds is 5. The van der Waals surface area contributed by atoms with Crippen molar-refractivity contribution in [2.45, 2.75) is 18.9 Å². The van der Waals surface area contributed by atoms with Crippen molar-refractivity contribution >= 4 is 5.91 Å². The van der Waals surface area contributed by atoms with Gasteiger partial charge in [-0.3, -0.25) is 4.79 Å². The van der Waals surface area contributed by atoms with Gasteiger partial charge < -0.3 is 25.2 Å². The Hall–Kier alpha value is -1.79. The van der Waals surface area contributed by atoms with Crippen LogP contribution in [-0.4, -0.2) is 55.4 Å². The summed E-state index contributed by atoms with van der Waals surface area (Å²) in [6.45, 7) is 2.39. The van der Waals surface area contributed by atoms with Crippen molar-refractivity contribution in [1.29, 1.82) is 0 Å². The zero-order valence-electron chi connectivity index (χ0n) is 12.2. The monoisotopic (exact) mass is 294 g/mol. The molecule has 21 heavy (non-hydrogen) atoms. The number of phenols is 1. The summed E-state index contributed by atoms with van der Waals surface area (Å²) in [6.07, 6.45) is 1.81. The molecule has 3 N–H and O–H groups in total. The second-order valence-electron chi connectivity index (χ2n) is 5.04. The summed E-state index contributed by atoms with van der Waals surface area (Å²) in [7, 11) is 1.47. The van der Waals surface area contributed by atoms with Crippen molar-refractivity contribution in [2.75, 3.05) is 33.4 Å². The van der Waals surface area contributed by atoms with E-state index in [9.17, 15) is 9.90 Å². The van der Waals surface area contributed by atoms with E-state index < -0.39 is 0 Å². The van der Waals surface area contributed by atoms with Gasteiger partial charge in [-0.25, -0.2) is 0 Å². The zero-order chi connectivity index (χ0) is 15.2. The fourth-order valence-electron chi connectivity index (χ4n) is 2.47. The molecular weight excluding hydrogens is 272 g/mol. The summed E-state index contributed by atoms with van der Waals surface area (Å²) in [5.74, 6) is 0.259. The molecular formula is C15H22N2O4. The van der Waals surface area contributed by atoms with Crippen molar-refractivity contribution in [1.82, 2.24) is 4.90 Å². The van der Waals surface area contributed by atoms with Crippen LogP contribution in [0.3, 0.4) is 0 Å². The molecule has 0 spiro atoms. The fraction of sp³-hybridized carbons (Fsp3) is 0.533. The van der Waals surface area contributed by atoms with Gasteiger partial charge in [0.1, 0.15) is 0 Å². The maximum absolute atomic E-state index is 12.4. The minimum absolute atomic E-state index is 0.0236. The van der Waals surface area contributed by atoms with Gasteiger partial charge >= 0.3 is 0 Å². The SMILES string of the molecule is COc1ccc(C(=O)N2CCC(OCCN)CC2)cc1O. The van der Waals surface area contributed by atoms with Crippen LogP contribution in [0.15, 0.2) is 18.2 Å². The average molecular weight is 294 g/mol. The molecule has 1 heterocycles. The number of ether oxygens (including phenoxy) is 2. The number of carbonyl (C=O) groups is 1. The van der Waals surface area contributed by atoms with Crippen LogP contribution in [-0.2, 0) is 4.74 Å². The summed E-state index contributed by atoms with van der Waals surface area (Å²) in [5, 5.41) is 9.75. The minimum atomic E-state index is -0.0785. The fourth-order valence-corrected chi connectivity index (χ4v) is 2.47. The number of benzene rings is 1. The summed E-state index contributed by atoms with van der Waals surface area (Å²) in [6, 6.07) is 4.70. The van der Waals surface area contributed by atoms with Crippen LogP contribution in [0.25, 0.3) is 0 Å². The van der Waals surface area contributed by atoms with Crippen molar-refractivity contribution in [3.8, 4) is 11.5 Å². The first-order valence-electron chi connectivity index (χ1n) is 7.13. The first kappa shape index (κ1) is 15.6. The molecule has 0 aliphatic carbocycles. The Bertz CT molecular complexity index is 485. The van der Waals surface area contributed by atoms with Crippen molar-refractivity contribution < 1.29 is 19.4 Å². The number of hydrogen-bond donors (Lipinski definition) is 2. The highest BCUT2D eigenvalue weighted by molar-refractivity contribution is 5.95. The molecule has 0 atom stereocenters. The maximum Gasteiger partial charge on any atom is 0.253 e. The molecule has 116 valence electrons. The summed E-state index contributed by atoms with van der Waals surface area (Å²) >= 11 is 0. The molecule has 6 nitrogen and oxygen atoms in total. The van der Waals surface area contributed by atoms with Crippen LogP contribution in [0.2, 0.25) is 0 Å². The third kappa shape index (κ3) is 3.86. The smallest absolute Gasteiger partial charge is 0.253 e. The van der Waals surface area contributed by atoms with Crippen LogP contribution in [0.1, 0.15) is 23.2 Å². The normalized spacial score (nSPS) is 16.0. The summed E-state index contributed by atoms with van der Waals surface area (Å²) in [4.78, 5) is 14.2. The zero-order valence-corrected chi connectivity index (χ0v) is 12.2. The molecule has 0 saturated carbocycles. The van der Waals surface area contributed by atoms with Crippen LogP contribution in [0.4, 0.5) is 0 Å². The highest BCUT2D eigenvalue weighted by Gasteiger charge is 2.24. The van der Waals surface area contributed by atoms with Crippen LogP contribution >= 0.6 is 0 Å². The standard InChI is InChI=1S/C15H22N2O4/c1-20-14-3-2-11(10-13(14)18)15(19)17-7-4-12(5-8-17)21-9-6-16/h2-3,10,12,18H,4-9,16H2,1H3. The molecule has 2 rings (SSSR count). The molecule has 1 aromatic rings. The highest BCUT2D eigenvalue weighted by atomic mass is 16.5. The van der Waals surface area contributed by atoms with E-state index in [1.807, 2.05) is 0 Å². The molecule has 0 aromatic heterocycles. The van der Waals surface area contributed by atoms with E-state index in [1.165, 1.54) is 13.2 Å². The molecule has 1 fully saturated rings. The van der Waals surface area contributed by atoms with Gasteiger partial charge in [0.2, 0.25) is 0 Å². The summed E-state index contributed by atoms with van der Waals surface area (Å²) < 4.78 is 10.6. The number of phenolic OH excluding ortho intramolecular Hbond substituents is 1. The molecule has 6 heteroatoms. The Balaban J connectivity index is 1.94. The van der Waals surface area contributed by atoms with Crippen LogP contribution in [0.5, 0.6) is 11.5 Å². The van der Waals surface area contributed by atoms with Crippen LogP contribution < -0.4 is 10.5 Å². The Morgan fingerprint density at radius 3 is 2.71 bits per heavy atom. The minimum Gasteiger partial charge on any atom is -0.504 e. The van der Waals surface area contributed by atoms with Gasteiger partial charge in [0, 0.05) is 25.2 Å². The molecule has 1 amide bonds. The van der Waals surface area contributed by atoms with E-state index in [-0.39, 0.29) is 17.8 Å². The molecule has 1 aromatic carbocycles. The van der Waals surface area contributed by atoms with E-state index in [2.05, 4.69) is 0 Å². The predicted molar refractivity (Wildman–Crippen MR) is 78.6 cm³/mol. The molecule has 1 aliphatic rings. The lowest BCUT2D eigenvalue weighted by Gasteiger charge is -2.32. The molecule has 0 bridgehead atoms. The summed E-state index contributed by atoms with van der Waals surface area (Å²) in [5.41, 5.74) is 5.88. The topological polar surface area (TPSA) is 85.0 Å². The number of hydrogen-bond acceptors (Lipinski definition) is 5. The van der Waals surface area contributed by atoms with Gasteiger partial charge in [-0.05, 0) is 31.0 Å². The number of nitrogens with two attached hydrogens (primary N) is 1. The lowest BCUT2D eigenvalue weighted by atomic mass is 10.1. The average Bonchev–Trinajstić information content (AvgIpc) is 2.52. The van der Waals surface area contributed by atoms with Crippen molar-refractivity contribution in [2.24, 2.45) is 5.73 Å².